The van der Waals surface area contributed by atoms with Crippen molar-refractivity contribution in [1.82, 2.24) is 15.6 Å². The summed E-state index contributed by atoms with van der Waals surface area (Å²) in [5.41, 5.74) is -0.108. The highest BCUT2D eigenvalue weighted by Gasteiger charge is 2.30. The molecule has 200 valence electrons. The number of aromatic nitrogens is 1. The third-order valence-electron chi connectivity index (χ3n) is 5.42. The fourth-order valence-corrected chi connectivity index (χ4v) is 3.65. The fourth-order valence-electron chi connectivity index (χ4n) is 3.65. The Hall–Kier alpha value is -4.21. The molecule has 0 saturated carbocycles. The Morgan fingerprint density at radius 2 is 1.63 bits per heavy atom. The van der Waals surface area contributed by atoms with Crippen LogP contribution in [0.15, 0.2) is 60.8 Å². The standard InChI is InChI=1S/C28H28F3N3O4/c1-28(2,3)34-26(36)19-10-7-11-32-25(19)20(12-18-13-22(30)23(31)14-21(18)29)24(35)15-33-27(37)38-16-17-8-5-4-6-9-17/h4-11,13-14,20H,12,15-16H2,1-3H3,(H,33,37)(H,34,36)/t20-/m0/s1. The Kier molecular flexibility index (Phi) is 9.22. The highest BCUT2D eigenvalue weighted by atomic mass is 19.2. The molecule has 0 radical (unpaired) electrons. The molecule has 0 fully saturated rings. The molecular formula is C28H28F3N3O4. The highest BCUT2D eigenvalue weighted by Crippen LogP contribution is 2.26. The van der Waals surface area contributed by atoms with Crippen molar-refractivity contribution in [3.05, 3.63) is 101 Å². The van der Waals surface area contributed by atoms with Gasteiger partial charge in [0.2, 0.25) is 0 Å². The molecule has 2 N–H and O–H groups in total. The number of ether oxygens (including phenoxy) is 1. The Bertz CT molecular complexity index is 1310. The Labute approximate surface area is 218 Å². The zero-order valence-electron chi connectivity index (χ0n) is 21.2. The Balaban J connectivity index is 1.86. The van der Waals surface area contributed by atoms with Crippen LogP contribution in [0.2, 0.25) is 0 Å². The summed E-state index contributed by atoms with van der Waals surface area (Å²) >= 11 is 0. The minimum atomic E-state index is -1.37. The average molecular weight is 528 g/mol. The minimum Gasteiger partial charge on any atom is -0.445 e. The molecule has 1 heterocycles. The van der Waals surface area contributed by atoms with Crippen LogP contribution in [0.3, 0.4) is 0 Å². The predicted octanol–water partition coefficient (Wildman–Crippen LogP) is 4.85. The molecule has 0 spiro atoms. The molecule has 0 aliphatic heterocycles. The Morgan fingerprint density at radius 1 is 0.947 bits per heavy atom. The van der Waals surface area contributed by atoms with E-state index in [0.29, 0.717) is 12.1 Å². The van der Waals surface area contributed by atoms with E-state index in [4.69, 9.17) is 4.74 Å². The van der Waals surface area contributed by atoms with Crippen LogP contribution in [-0.2, 0) is 22.6 Å². The van der Waals surface area contributed by atoms with Crippen LogP contribution in [-0.4, -0.2) is 34.9 Å². The molecule has 0 aliphatic rings. The van der Waals surface area contributed by atoms with E-state index in [-0.39, 0.29) is 23.4 Å². The number of carbonyl (C=O) groups is 3. The number of carbonyl (C=O) groups excluding carboxylic acids is 3. The van der Waals surface area contributed by atoms with Gasteiger partial charge in [-0.3, -0.25) is 14.6 Å². The van der Waals surface area contributed by atoms with Gasteiger partial charge in [0.05, 0.1) is 23.7 Å². The van der Waals surface area contributed by atoms with Crippen molar-refractivity contribution >= 4 is 17.8 Å². The van der Waals surface area contributed by atoms with Crippen LogP contribution in [0.5, 0.6) is 0 Å². The van der Waals surface area contributed by atoms with Gasteiger partial charge in [-0.15, -0.1) is 0 Å². The van der Waals surface area contributed by atoms with Gasteiger partial charge >= 0.3 is 6.09 Å². The lowest BCUT2D eigenvalue weighted by molar-refractivity contribution is -0.119. The number of hydrogen-bond donors (Lipinski definition) is 2. The minimum absolute atomic E-state index is 0.00263. The SMILES string of the molecule is CC(C)(C)NC(=O)c1cccnc1[C@@H](Cc1cc(F)c(F)cc1F)C(=O)CNC(=O)OCc1ccccc1. The molecule has 2 aromatic carbocycles. The van der Waals surface area contributed by atoms with E-state index < -0.39 is 59.7 Å². The van der Waals surface area contributed by atoms with Gasteiger partial charge in [-0.1, -0.05) is 30.3 Å². The van der Waals surface area contributed by atoms with E-state index in [9.17, 15) is 27.6 Å². The van der Waals surface area contributed by atoms with Crippen LogP contribution in [0.25, 0.3) is 0 Å². The second-order valence-electron chi connectivity index (χ2n) is 9.64. The van der Waals surface area contributed by atoms with Crippen LogP contribution >= 0.6 is 0 Å². The zero-order chi connectivity index (χ0) is 27.9. The molecule has 1 aromatic heterocycles. The molecule has 2 amide bonds. The first-order chi connectivity index (χ1) is 17.9. The molecule has 10 heteroatoms. The molecule has 0 saturated heterocycles. The van der Waals surface area contributed by atoms with Crippen molar-refractivity contribution in [2.24, 2.45) is 0 Å². The van der Waals surface area contributed by atoms with Gasteiger partial charge in [0.15, 0.2) is 17.4 Å². The largest absolute Gasteiger partial charge is 0.445 e. The third kappa shape index (κ3) is 7.89. The number of nitrogens with zero attached hydrogens (tertiary/aromatic N) is 1. The van der Waals surface area contributed by atoms with Gasteiger partial charge in [-0.05, 0) is 56.5 Å². The summed E-state index contributed by atoms with van der Waals surface area (Å²) < 4.78 is 47.0. The van der Waals surface area contributed by atoms with E-state index in [1.165, 1.54) is 18.3 Å². The fraction of sp³-hybridized carbons (Fsp3) is 0.286. The summed E-state index contributed by atoms with van der Waals surface area (Å²) in [7, 11) is 0. The summed E-state index contributed by atoms with van der Waals surface area (Å²) in [6.45, 7) is 4.74. The number of ketones is 1. The van der Waals surface area contributed by atoms with Crippen molar-refractivity contribution in [3.63, 3.8) is 0 Å². The van der Waals surface area contributed by atoms with E-state index in [1.54, 1.807) is 45.0 Å². The number of pyridine rings is 1. The number of hydrogen-bond acceptors (Lipinski definition) is 5. The Morgan fingerprint density at radius 3 is 2.32 bits per heavy atom. The van der Waals surface area contributed by atoms with Crippen LogP contribution in [0.1, 0.15) is 53.9 Å². The number of nitrogens with one attached hydrogen (secondary N) is 2. The third-order valence-corrected chi connectivity index (χ3v) is 5.42. The molecule has 3 rings (SSSR count). The van der Waals surface area contributed by atoms with Crippen molar-refractivity contribution in [2.45, 2.75) is 45.3 Å². The quantitative estimate of drug-likeness (QED) is 0.388. The molecule has 7 nitrogen and oxygen atoms in total. The molecular weight excluding hydrogens is 499 g/mol. The van der Waals surface area contributed by atoms with E-state index in [1.807, 2.05) is 6.07 Å². The summed E-state index contributed by atoms with van der Waals surface area (Å²) in [6, 6.07) is 12.9. The lowest BCUT2D eigenvalue weighted by atomic mass is 9.88. The monoisotopic (exact) mass is 527 g/mol. The number of rotatable bonds is 9. The van der Waals surface area contributed by atoms with E-state index in [0.717, 1.165) is 5.56 Å². The molecule has 0 unspecified atom stereocenters. The van der Waals surface area contributed by atoms with Gasteiger partial charge in [0.1, 0.15) is 12.4 Å². The molecule has 0 bridgehead atoms. The number of benzene rings is 2. The number of alkyl carbamates (subject to hydrolysis) is 1. The maximum Gasteiger partial charge on any atom is 0.407 e. The molecule has 38 heavy (non-hydrogen) atoms. The van der Waals surface area contributed by atoms with E-state index >= 15 is 0 Å². The predicted molar refractivity (Wildman–Crippen MR) is 134 cm³/mol. The van der Waals surface area contributed by atoms with Crippen LogP contribution in [0.4, 0.5) is 18.0 Å². The van der Waals surface area contributed by atoms with Crippen molar-refractivity contribution in [3.8, 4) is 0 Å². The van der Waals surface area contributed by atoms with Gasteiger partial charge < -0.3 is 15.4 Å². The maximum absolute atomic E-state index is 14.5. The smallest absolute Gasteiger partial charge is 0.407 e. The van der Waals surface area contributed by atoms with Crippen molar-refractivity contribution in [1.29, 1.82) is 0 Å². The van der Waals surface area contributed by atoms with E-state index in [2.05, 4.69) is 15.6 Å². The lowest BCUT2D eigenvalue weighted by Gasteiger charge is -2.23. The van der Waals surface area contributed by atoms with Gasteiger partial charge in [0.25, 0.3) is 5.91 Å². The molecule has 3 aromatic rings. The normalized spacial score (nSPS) is 11.9. The summed E-state index contributed by atoms with van der Waals surface area (Å²) in [4.78, 5) is 42.7. The lowest BCUT2D eigenvalue weighted by Crippen LogP contribution is -2.41. The second-order valence-corrected chi connectivity index (χ2v) is 9.64. The number of Topliss-reactive ketones (excluding diaryl/α,β-unsaturated/α-hetero) is 1. The summed E-state index contributed by atoms with van der Waals surface area (Å²) in [6.07, 6.45) is 0.0499. The van der Waals surface area contributed by atoms with Gasteiger partial charge in [0, 0.05) is 17.8 Å². The van der Waals surface area contributed by atoms with Crippen molar-refractivity contribution in [2.75, 3.05) is 6.54 Å². The molecule has 1 atom stereocenters. The first kappa shape index (κ1) is 28.4. The van der Waals surface area contributed by atoms with Crippen LogP contribution < -0.4 is 10.6 Å². The molecule has 0 aliphatic carbocycles. The first-order valence-electron chi connectivity index (χ1n) is 11.8. The highest BCUT2D eigenvalue weighted by molar-refractivity contribution is 5.98. The number of amides is 2. The number of halogens is 3. The maximum atomic E-state index is 14.5. The zero-order valence-corrected chi connectivity index (χ0v) is 21.2. The van der Waals surface area contributed by atoms with Gasteiger partial charge in [-0.25, -0.2) is 18.0 Å². The van der Waals surface area contributed by atoms with Gasteiger partial charge in [-0.2, -0.15) is 0 Å². The average Bonchev–Trinajstić information content (AvgIpc) is 2.87. The van der Waals surface area contributed by atoms with Crippen LogP contribution in [0, 0.1) is 17.5 Å². The second kappa shape index (κ2) is 12.4. The topological polar surface area (TPSA) is 97.4 Å². The first-order valence-corrected chi connectivity index (χ1v) is 11.8. The summed E-state index contributed by atoms with van der Waals surface area (Å²) in [5, 5.41) is 5.12. The summed E-state index contributed by atoms with van der Waals surface area (Å²) in [5.74, 6) is -6.17. The van der Waals surface area contributed by atoms with Crippen molar-refractivity contribution < 1.29 is 32.3 Å².